The Kier molecular flexibility index (Phi) is 4.79. The van der Waals surface area contributed by atoms with Crippen molar-refractivity contribution in [3.8, 4) is 11.5 Å². The molecule has 1 aromatic heterocycles. The topological polar surface area (TPSA) is 65.8 Å². The van der Waals surface area contributed by atoms with Crippen LogP contribution in [-0.2, 0) is 23.1 Å². The predicted octanol–water partition coefficient (Wildman–Crippen LogP) is 1.77. The molecule has 1 fully saturated rings. The fourth-order valence-corrected chi connectivity index (χ4v) is 3.33. The molecule has 1 amide bonds. The Bertz CT molecular complexity index is 770. The average molecular weight is 357 g/mol. The average Bonchev–Trinajstić information content (AvgIpc) is 3.33. The third-order valence-corrected chi connectivity index (χ3v) is 4.76. The molecule has 0 bridgehead atoms. The number of benzene rings is 1. The summed E-state index contributed by atoms with van der Waals surface area (Å²) in [5, 5.41) is 0. The molecular weight excluding hydrogens is 334 g/mol. The van der Waals surface area contributed by atoms with Crippen molar-refractivity contribution in [2.45, 2.75) is 31.6 Å². The lowest BCUT2D eigenvalue weighted by atomic mass is 10.2. The number of rotatable bonds is 5. The second kappa shape index (κ2) is 7.37. The van der Waals surface area contributed by atoms with Crippen molar-refractivity contribution in [3.63, 3.8) is 0 Å². The molecule has 2 aliphatic rings. The molecule has 2 aromatic rings. The van der Waals surface area contributed by atoms with Gasteiger partial charge in [-0.15, -0.1) is 0 Å². The number of imidazole rings is 1. The first-order valence-electron chi connectivity index (χ1n) is 8.96. The summed E-state index contributed by atoms with van der Waals surface area (Å²) in [5.74, 6) is 2.27. The zero-order chi connectivity index (χ0) is 17.9. The molecule has 3 heterocycles. The Morgan fingerprint density at radius 2 is 2.19 bits per heavy atom. The molecule has 0 saturated carbocycles. The Balaban J connectivity index is 1.49. The van der Waals surface area contributed by atoms with Gasteiger partial charge < -0.3 is 23.7 Å². The molecule has 0 radical (unpaired) electrons. The van der Waals surface area contributed by atoms with Gasteiger partial charge in [0.1, 0.15) is 18.5 Å². The normalized spacial score (nSPS) is 21.6. The van der Waals surface area contributed by atoms with Crippen LogP contribution >= 0.6 is 0 Å². The molecule has 26 heavy (non-hydrogen) atoms. The lowest BCUT2D eigenvalue weighted by Gasteiger charge is -2.32. The molecule has 1 aromatic carbocycles. The van der Waals surface area contributed by atoms with Gasteiger partial charge in [0.2, 0.25) is 0 Å². The maximum atomic E-state index is 13.0. The van der Waals surface area contributed by atoms with E-state index in [9.17, 15) is 4.79 Å². The minimum atomic E-state index is -0.368. The summed E-state index contributed by atoms with van der Waals surface area (Å²) >= 11 is 0. The molecule has 4 rings (SSSR count). The molecule has 1 saturated heterocycles. The van der Waals surface area contributed by atoms with Gasteiger partial charge in [-0.05, 0) is 25.0 Å². The first kappa shape index (κ1) is 16.9. The maximum absolute atomic E-state index is 13.0. The minimum Gasteiger partial charge on any atom is -0.486 e. The fourth-order valence-electron chi connectivity index (χ4n) is 3.33. The summed E-state index contributed by atoms with van der Waals surface area (Å²) in [6.07, 6.45) is 4.70. The van der Waals surface area contributed by atoms with E-state index in [1.807, 2.05) is 42.1 Å². The SMILES string of the molecule is Cn1ccnc1CN(C[C@H]1COc2ccccc2O1)C(=O)[C@H]1CCCO1. The highest BCUT2D eigenvalue weighted by atomic mass is 16.6. The van der Waals surface area contributed by atoms with Gasteiger partial charge in [0, 0.05) is 26.0 Å². The number of hydrogen-bond acceptors (Lipinski definition) is 5. The molecule has 2 atom stereocenters. The van der Waals surface area contributed by atoms with E-state index in [0.29, 0.717) is 32.1 Å². The summed E-state index contributed by atoms with van der Waals surface area (Å²) in [6, 6.07) is 7.59. The van der Waals surface area contributed by atoms with Crippen LogP contribution in [0, 0.1) is 0 Å². The molecule has 0 unspecified atom stereocenters. The Hall–Kier alpha value is -2.54. The number of para-hydroxylation sites is 2. The van der Waals surface area contributed by atoms with Crippen molar-refractivity contribution in [1.29, 1.82) is 0 Å². The molecule has 7 heteroatoms. The first-order valence-corrected chi connectivity index (χ1v) is 8.96. The van der Waals surface area contributed by atoms with E-state index in [1.54, 1.807) is 11.1 Å². The predicted molar refractivity (Wildman–Crippen MR) is 94.0 cm³/mol. The number of hydrogen-bond donors (Lipinski definition) is 0. The second-order valence-corrected chi connectivity index (χ2v) is 6.67. The smallest absolute Gasteiger partial charge is 0.252 e. The number of aryl methyl sites for hydroxylation is 1. The van der Waals surface area contributed by atoms with Gasteiger partial charge in [-0.3, -0.25) is 4.79 Å². The first-order chi connectivity index (χ1) is 12.7. The van der Waals surface area contributed by atoms with Gasteiger partial charge in [-0.1, -0.05) is 12.1 Å². The largest absolute Gasteiger partial charge is 0.486 e. The van der Waals surface area contributed by atoms with Crippen LogP contribution in [0.4, 0.5) is 0 Å². The fraction of sp³-hybridized carbons (Fsp3) is 0.474. The van der Waals surface area contributed by atoms with Crippen LogP contribution in [0.2, 0.25) is 0 Å². The standard InChI is InChI=1S/C19H23N3O4/c1-21-9-8-20-18(21)12-22(19(23)17-7-4-10-24-17)11-14-13-25-15-5-2-3-6-16(15)26-14/h2-3,5-6,8-9,14,17H,4,7,10-13H2,1H3/t14-,17+/m0/s1. The van der Waals surface area contributed by atoms with Crippen molar-refractivity contribution in [1.82, 2.24) is 14.5 Å². The third kappa shape index (κ3) is 3.53. The number of aromatic nitrogens is 2. The Morgan fingerprint density at radius 1 is 1.35 bits per heavy atom. The minimum absolute atomic E-state index is 0.00652. The van der Waals surface area contributed by atoms with E-state index in [0.717, 1.165) is 24.4 Å². The summed E-state index contributed by atoms with van der Waals surface area (Å²) in [4.78, 5) is 19.1. The Labute approximate surface area is 152 Å². The molecular formula is C19H23N3O4. The molecule has 7 nitrogen and oxygen atoms in total. The van der Waals surface area contributed by atoms with Gasteiger partial charge in [0.25, 0.3) is 5.91 Å². The van der Waals surface area contributed by atoms with Crippen molar-refractivity contribution in [2.75, 3.05) is 19.8 Å². The van der Waals surface area contributed by atoms with Crippen LogP contribution in [0.3, 0.4) is 0 Å². The zero-order valence-corrected chi connectivity index (χ0v) is 14.8. The molecule has 0 aliphatic carbocycles. The van der Waals surface area contributed by atoms with E-state index in [4.69, 9.17) is 14.2 Å². The number of carbonyl (C=O) groups excluding carboxylic acids is 1. The van der Waals surface area contributed by atoms with E-state index < -0.39 is 0 Å². The number of carbonyl (C=O) groups is 1. The monoisotopic (exact) mass is 357 g/mol. The van der Waals surface area contributed by atoms with Gasteiger partial charge >= 0.3 is 0 Å². The van der Waals surface area contributed by atoms with Gasteiger partial charge in [0.05, 0.1) is 13.1 Å². The van der Waals surface area contributed by atoms with Crippen LogP contribution in [-0.4, -0.2) is 52.3 Å². The van der Waals surface area contributed by atoms with Gasteiger partial charge in [-0.25, -0.2) is 4.98 Å². The summed E-state index contributed by atoms with van der Waals surface area (Å²) in [7, 11) is 1.92. The van der Waals surface area contributed by atoms with Gasteiger partial charge in [-0.2, -0.15) is 0 Å². The van der Waals surface area contributed by atoms with Gasteiger partial charge in [0.15, 0.2) is 17.6 Å². The summed E-state index contributed by atoms with van der Waals surface area (Å²) in [6.45, 7) is 1.90. The van der Waals surface area contributed by atoms with E-state index in [-0.39, 0.29) is 18.1 Å². The number of fused-ring (bicyclic) bond motifs is 1. The summed E-state index contributed by atoms with van der Waals surface area (Å²) < 4.78 is 19.3. The molecule has 0 N–H and O–H groups in total. The lowest BCUT2D eigenvalue weighted by molar-refractivity contribution is -0.143. The van der Waals surface area contributed by atoms with Crippen LogP contribution in [0.15, 0.2) is 36.7 Å². The highest BCUT2D eigenvalue weighted by molar-refractivity contribution is 5.81. The van der Waals surface area contributed by atoms with E-state index in [1.165, 1.54) is 0 Å². The number of amides is 1. The maximum Gasteiger partial charge on any atom is 0.252 e. The van der Waals surface area contributed by atoms with Crippen LogP contribution in [0.5, 0.6) is 11.5 Å². The van der Waals surface area contributed by atoms with Crippen molar-refractivity contribution < 1.29 is 19.0 Å². The lowest BCUT2D eigenvalue weighted by Crippen LogP contribution is -2.47. The molecule has 0 spiro atoms. The van der Waals surface area contributed by atoms with Crippen LogP contribution in [0.1, 0.15) is 18.7 Å². The van der Waals surface area contributed by atoms with E-state index in [2.05, 4.69) is 4.98 Å². The second-order valence-electron chi connectivity index (χ2n) is 6.67. The summed E-state index contributed by atoms with van der Waals surface area (Å²) in [5.41, 5.74) is 0. The highest BCUT2D eigenvalue weighted by Crippen LogP contribution is 2.31. The Morgan fingerprint density at radius 3 is 2.92 bits per heavy atom. The zero-order valence-electron chi connectivity index (χ0n) is 14.8. The van der Waals surface area contributed by atoms with Crippen LogP contribution < -0.4 is 9.47 Å². The van der Waals surface area contributed by atoms with Crippen LogP contribution in [0.25, 0.3) is 0 Å². The molecule has 2 aliphatic heterocycles. The van der Waals surface area contributed by atoms with Crippen molar-refractivity contribution in [2.24, 2.45) is 7.05 Å². The quantitative estimate of drug-likeness (QED) is 0.816. The number of nitrogens with zero attached hydrogens (tertiary/aromatic N) is 3. The highest BCUT2D eigenvalue weighted by Gasteiger charge is 2.32. The van der Waals surface area contributed by atoms with E-state index >= 15 is 0 Å². The number of ether oxygens (including phenoxy) is 3. The third-order valence-electron chi connectivity index (χ3n) is 4.76. The van der Waals surface area contributed by atoms with Crippen molar-refractivity contribution in [3.05, 3.63) is 42.5 Å². The van der Waals surface area contributed by atoms with Crippen molar-refractivity contribution >= 4 is 5.91 Å². The molecule has 138 valence electrons.